The lowest BCUT2D eigenvalue weighted by molar-refractivity contribution is 0.213. The number of aliphatic hydroxyl groups excluding tert-OH is 1. The summed E-state index contributed by atoms with van der Waals surface area (Å²) in [4.78, 5) is 0.149. The number of nitrogens with zero attached hydrogens (tertiary/aromatic N) is 1. The molecule has 1 atom stereocenters. The minimum atomic E-state index is -3.62. The molecule has 2 rings (SSSR count). The second-order valence-electron chi connectivity index (χ2n) is 4.61. The van der Waals surface area contributed by atoms with Crippen molar-refractivity contribution in [3.05, 3.63) is 18.2 Å². The minimum absolute atomic E-state index is 0.149. The third-order valence-corrected chi connectivity index (χ3v) is 5.44. The third-order valence-electron chi connectivity index (χ3n) is 3.50. The largest absolute Gasteiger partial charge is 0.493 e. The second-order valence-corrected chi connectivity index (χ2v) is 6.50. The van der Waals surface area contributed by atoms with E-state index < -0.39 is 10.0 Å². The van der Waals surface area contributed by atoms with Gasteiger partial charge in [0.05, 0.1) is 25.7 Å². The summed E-state index contributed by atoms with van der Waals surface area (Å²) < 4.78 is 36.8. The lowest BCUT2D eigenvalue weighted by Gasteiger charge is -2.22. The Morgan fingerprint density at radius 2 is 2.00 bits per heavy atom. The van der Waals surface area contributed by atoms with Crippen LogP contribution < -0.4 is 9.47 Å². The molecule has 112 valence electrons. The number of methoxy groups -OCH3 is 2. The van der Waals surface area contributed by atoms with E-state index in [1.54, 1.807) is 6.07 Å². The predicted octanol–water partition coefficient (Wildman–Crippen LogP) is 0.849. The second kappa shape index (κ2) is 5.99. The number of rotatable bonds is 5. The Bertz CT molecular complexity index is 572. The van der Waals surface area contributed by atoms with Gasteiger partial charge in [-0.2, -0.15) is 4.31 Å². The molecule has 0 aliphatic carbocycles. The van der Waals surface area contributed by atoms with Crippen LogP contribution in [0.15, 0.2) is 23.1 Å². The smallest absolute Gasteiger partial charge is 0.243 e. The van der Waals surface area contributed by atoms with Gasteiger partial charge in [-0.15, -0.1) is 0 Å². The molecule has 0 radical (unpaired) electrons. The average molecular weight is 301 g/mol. The third kappa shape index (κ3) is 2.61. The molecule has 0 amide bonds. The molecule has 0 unspecified atom stereocenters. The highest BCUT2D eigenvalue weighted by atomic mass is 32.2. The fourth-order valence-electron chi connectivity index (χ4n) is 2.42. The van der Waals surface area contributed by atoms with Crippen LogP contribution >= 0.6 is 0 Å². The molecule has 0 bridgehead atoms. The Morgan fingerprint density at radius 3 is 2.60 bits per heavy atom. The van der Waals surface area contributed by atoms with Crippen molar-refractivity contribution >= 4 is 10.0 Å². The first-order valence-corrected chi connectivity index (χ1v) is 7.83. The Kier molecular flexibility index (Phi) is 4.52. The molecule has 6 nitrogen and oxygen atoms in total. The van der Waals surface area contributed by atoms with Crippen molar-refractivity contribution in [2.24, 2.45) is 0 Å². The maximum atomic E-state index is 12.6. The molecule has 1 aliphatic rings. The van der Waals surface area contributed by atoms with Crippen molar-refractivity contribution in [3.8, 4) is 11.5 Å². The van der Waals surface area contributed by atoms with Crippen LogP contribution in [-0.4, -0.2) is 51.2 Å². The number of hydrogen-bond donors (Lipinski definition) is 1. The van der Waals surface area contributed by atoms with Crippen LogP contribution in [0.1, 0.15) is 12.8 Å². The molecule has 7 heteroatoms. The van der Waals surface area contributed by atoms with Crippen LogP contribution in [0.2, 0.25) is 0 Å². The van der Waals surface area contributed by atoms with Crippen molar-refractivity contribution in [3.63, 3.8) is 0 Å². The number of sulfonamides is 1. The summed E-state index contributed by atoms with van der Waals surface area (Å²) in [6.45, 7) is 0.272. The molecular weight excluding hydrogens is 282 g/mol. The van der Waals surface area contributed by atoms with Crippen molar-refractivity contribution in [1.82, 2.24) is 4.31 Å². The molecule has 1 aromatic rings. The molecule has 20 heavy (non-hydrogen) atoms. The first-order valence-electron chi connectivity index (χ1n) is 6.39. The highest BCUT2D eigenvalue weighted by Gasteiger charge is 2.35. The molecule has 1 saturated heterocycles. The van der Waals surface area contributed by atoms with Gasteiger partial charge in [-0.25, -0.2) is 8.42 Å². The van der Waals surface area contributed by atoms with E-state index in [1.807, 2.05) is 0 Å². The zero-order valence-electron chi connectivity index (χ0n) is 11.6. The van der Waals surface area contributed by atoms with Gasteiger partial charge in [0, 0.05) is 18.7 Å². The highest BCUT2D eigenvalue weighted by Crippen LogP contribution is 2.32. The van der Waals surface area contributed by atoms with E-state index >= 15 is 0 Å². The van der Waals surface area contributed by atoms with Crippen LogP contribution in [0.5, 0.6) is 11.5 Å². The number of aliphatic hydroxyl groups is 1. The summed E-state index contributed by atoms with van der Waals surface area (Å²) >= 11 is 0. The summed E-state index contributed by atoms with van der Waals surface area (Å²) in [5.74, 6) is 0.847. The molecule has 1 fully saturated rings. The summed E-state index contributed by atoms with van der Waals surface area (Å²) in [7, 11) is -0.666. The van der Waals surface area contributed by atoms with Crippen molar-refractivity contribution in [1.29, 1.82) is 0 Å². The highest BCUT2D eigenvalue weighted by molar-refractivity contribution is 7.89. The van der Waals surface area contributed by atoms with Crippen LogP contribution in [-0.2, 0) is 10.0 Å². The van der Waals surface area contributed by atoms with Gasteiger partial charge >= 0.3 is 0 Å². The van der Waals surface area contributed by atoms with Gasteiger partial charge in [-0.1, -0.05) is 0 Å². The Labute approximate surface area is 119 Å². The number of hydrogen-bond acceptors (Lipinski definition) is 5. The number of ether oxygens (including phenoxy) is 2. The fourth-order valence-corrected chi connectivity index (χ4v) is 4.12. The van der Waals surface area contributed by atoms with E-state index in [0.717, 1.165) is 6.42 Å². The van der Waals surface area contributed by atoms with E-state index in [9.17, 15) is 13.5 Å². The topological polar surface area (TPSA) is 76.1 Å². The quantitative estimate of drug-likeness (QED) is 0.872. The van der Waals surface area contributed by atoms with E-state index in [2.05, 4.69) is 0 Å². The van der Waals surface area contributed by atoms with E-state index in [4.69, 9.17) is 9.47 Å². The Hall–Kier alpha value is -1.31. The molecule has 0 spiro atoms. The van der Waals surface area contributed by atoms with E-state index in [-0.39, 0.29) is 17.5 Å². The molecule has 1 aromatic carbocycles. The van der Waals surface area contributed by atoms with Crippen molar-refractivity contribution in [2.75, 3.05) is 27.4 Å². The number of benzene rings is 1. The summed E-state index contributed by atoms with van der Waals surface area (Å²) in [6, 6.07) is 4.16. The standard InChI is InChI=1S/C13H19NO5S/c1-18-12-6-5-11(8-13(12)19-2)20(16,17)14-7-3-4-10(14)9-15/h5-6,8,10,15H,3-4,7,9H2,1-2H3/t10-/m0/s1. The molecular formula is C13H19NO5S. The van der Waals surface area contributed by atoms with Crippen molar-refractivity contribution < 1.29 is 23.0 Å². The van der Waals surface area contributed by atoms with Crippen LogP contribution in [0.25, 0.3) is 0 Å². The SMILES string of the molecule is COc1ccc(S(=O)(=O)N2CCC[C@H]2CO)cc1OC. The summed E-state index contributed by atoms with van der Waals surface area (Å²) in [5, 5.41) is 9.28. The van der Waals surface area contributed by atoms with Gasteiger partial charge in [0.1, 0.15) is 0 Å². The predicted molar refractivity (Wildman–Crippen MR) is 73.5 cm³/mol. The van der Waals surface area contributed by atoms with Crippen LogP contribution in [0.4, 0.5) is 0 Å². The first kappa shape index (κ1) is 15.1. The van der Waals surface area contributed by atoms with Crippen molar-refractivity contribution in [2.45, 2.75) is 23.8 Å². The van der Waals surface area contributed by atoms with Gasteiger partial charge < -0.3 is 14.6 Å². The van der Waals surface area contributed by atoms with Gasteiger partial charge in [0.2, 0.25) is 10.0 Å². The average Bonchev–Trinajstić information content (AvgIpc) is 2.95. The minimum Gasteiger partial charge on any atom is -0.493 e. The maximum absolute atomic E-state index is 12.6. The zero-order chi connectivity index (χ0) is 14.8. The molecule has 1 N–H and O–H groups in total. The zero-order valence-corrected chi connectivity index (χ0v) is 12.4. The Balaban J connectivity index is 2.39. The lowest BCUT2D eigenvalue weighted by Crippen LogP contribution is -2.37. The van der Waals surface area contributed by atoms with Crippen LogP contribution in [0, 0.1) is 0 Å². The van der Waals surface area contributed by atoms with Gasteiger partial charge in [0.25, 0.3) is 0 Å². The molecule has 0 aromatic heterocycles. The molecule has 1 heterocycles. The lowest BCUT2D eigenvalue weighted by atomic mass is 10.2. The maximum Gasteiger partial charge on any atom is 0.243 e. The van der Waals surface area contributed by atoms with Gasteiger partial charge in [0.15, 0.2) is 11.5 Å². The Morgan fingerprint density at radius 1 is 1.30 bits per heavy atom. The first-order chi connectivity index (χ1) is 9.54. The summed E-state index contributed by atoms with van der Waals surface area (Å²) in [6.07, 6.45) is 1.45. The summed E-state index contributed by atoms with van der Waals surface area (Å²) in [5.41, 5.74) is 0. The normalized spacial score (nSPS) is 20.1. The van der Waals surface area contributed by atoms with Crippen LogP contribution in [0.3, 0.4) is 0 Å². The van der Waals surface area contributed by atoms with E-state index in [1.165, 1.54) is 30.7 Å². The van der Waals surface area contributed by atoms with E-state index in [0.29, 0.717) is 24.5 Å². The monoisotopic (exact) mass is 301 g/mol. The molecule has 0 saturated carbocycles. The van der Waals surface area contributed by atoms with Gasteiger partial charge in [-0.3, -0.25) is 0 Å². The van der Waals surface area contributed by atoms with Gasteiger partial charge in [-0.05, 0) is 25.0 Å². The fraction of sp³-hybridized carbons (Fsp3) is 0.538. The molecule has 1 aliphatic heterocycles.